The van der Waals surface area contributed by atoms with E-state index in [4.69, 9.17) is 0 Å². The molecule has 0 bridgehead atoms. The molecule has 0 aliphatic carbocycles. The van der Waals surface area contributed by atoms with E-state index in [2.05, 4.69) is 15.4 Å². The number of hydrogen-bond donors (Lipinski definition) is 1. The van der Waals surface area contributed by atoms with Crippen LogP contribution in [-0.4, -0.2) is 51.8 Å². The van der Waals surface area contributed by atoms with Crippen molar-refractivity contribution >= 4 is 5.91 Å². The number of rotatable bonds is 5. The van der Waals surface area contributed by atoms with Gasteiger partial charge in [0, 0.05) is 24.7 Å². The first kappa shape index (κ1) is 17.4. The molecule has 1 fully saturated rings. The molecule has 1 aliphatic heterocycles. The van der Waals surface area contributed by atoms with Crippen molar-refractivity contribution in [3.8, 4) is 17.1 Å². The van der Waals surface area contributed by atoms with Crippen molar-refractivity contribution < 1.29 is 4.79 Å². The lowest BCUT2D eigenvalue weighted by Gasteiger charge is -2.23. The van der Waals surface area contributed by atoms with Crippen LogP contribution in [-0.2, 0) is 0 Å². The third-order valence-corrected chi connectivity index (χ3v) is 4.91. The second-order valence-electron chi connectivity index (χ2n) is 6.72. The molecule has 2 heterocycles. The molecule has 0 spiro atoms. The van der Waals surface area contributed by atoms with Gasteiger partial charge in [-0.1, -0.05) is 48.5 Å². The fourth-order valence-electron chi connectivity index (χ4n) is 3.61. The Balaban J connectivity index is 1.74. The first-order valence-corrected chi connectivity index (χ1v) is 9.31. The molecule has 4 rings (SSSR count). The largest absolute Gasteiger partial charge is 0.332 e. The van der Waals surface area contributed by atoms with E-state index in [1.165, 1.54) is 0 Å². The fourth-order valence-corrected chi connectivity index (χ4v) is 3.61. The maximum absolute atomic E-state index is 13.1. The van der Waals surface area contributed by atoms with Crippen molar-refractivity contribution in [2.75, 3.05) is 20.1 Å². The molecule has 1 N–H and O–H groups in total. The van der Waals surface area contributed by atoms with Gasteiger partial charge in [0.1, 0.15) is 0 Å². The summed E-state index contributed by atoms with van der Waals surface area (Å²) in [5.74, 6) is 0.829. The van der Waals surface area contributed by atoms with Gasteiger partial charge >= 0.3 is 0 Å². The van der Waals surface area contributed by atoms with Crippen LogP contribution in [0.3, 0.4) is 0 Å². The zero-order valence-corrected chi connectivity index (χ0v) is 15.4. The number of nitrogens with one attached hydrogen (secondary N) is 1. The third-order valence-electron chi connectivity index (χ3n) is 4.91. The predicted molar refractivity (Wildman–Crippen MR) is 105 cm³/mol. The van der Waals surface area contributed by atoms with Crippen LogP contribution in [0.15, 0.2) is 60.7 Å². The number of carbonyl (C=O) groups is 1. The number of likely N-dealkylation sites (tertiary alicyclic amines) is 1. The highest BCUT2D eigenvalue weighted by atomic mass is 16.2. The van der Waals surface area contributed by atoms with Gasteiger partial charge in [0.25, 0.3) is 5.91 Å². The maximum atomic E-state index is 13.1. The second kappa shape index (κ2) is 7.72. The zero-order chi connectivity index (χ0) is 18.6. The molecule has 0 saturated carbocycles. The van der Waals surface area contributed by atoms with Crippen LogP contribution in [0.1, 0.15) is 23.5 Å². The Labute approximate surface area is 158 Å². The minimum atomic E-state index is -0.0976. The molecule has 1 amide bonds. The van der Waals surface area contributed by atoms with E-state index in [1.54, 1.807) is 4.68 Å². The highest BCUT2D eigenvalue weighted by Gasteiger charge is 2.31. The van der Waals surface area contributed by atoms with Crippen LogP contribution in [0, 0.1) is 0 Å². The SMILES string of the molecule is CNCC1CCCN1C(=O)c1nc(-c2ccccc2)n(-c2ccccc2)n1. The molecule has 0 radical (unpaired) electrons. The highest BCUT2D eigenvalue weighted by Crippen LogP contribution is 2.23. The third kappa shape index (κ3) is 3.48. The number of nitrogens with zero attached hydrogens (tertiary/aromatic N) is 4. The van der Waals surface area contributed by atoms with Gasteiger partial charge in [-0.3, -0.25) is 4.79 Å². The van der Waals surface area contributed by atoms with Crippen LogP contribution in [0.25, 0.3) is 17.1 Å². The molecule has 1 saturated heterocycles. The number of para-hydroxylation sites is 1. The topological polar surface area (TPSA) is 63.1 Å². The van der Waals surface area contributed by atoms with E-state index < -0.39 is 0 Å². The Morgan fingerprint density at radius 1 is 1.11 bits per heavy atom. The van der Waals surface area contributed by atoms with E-state index in [-0.39, 0.29) is 17.8 Å². The number of amides is 1. The van der Waals surface area contributed by atoms with Gasteiger partial charge in [-0.15, -0.1) is 5.10 Å². The lowest BCUT2D eigenvalue weighted by molar-refractivity contribution is 0.0725. The van der Waals surface area contributed by atoms with Crippen molar-refractivity contribution in [3.63, 3.8) is 0 Å². The van der Waals surface area contributed by atoms with Crippen molar-refractivity contribution in [3.05, 3.63) is 66.5 Å². The second-order valence-corrected chi connectivity index (χ2v) is 6.72. The van der Waals surface area contributed by atoms with Gasteiger partial charge in [-0.05, 0) is 32.0 Å². The first-order valence-electron chi connectivity index (χ1n) is 9.31. The van der Waals surface area contributed by atoms with Crippen molar-refractivity contribution in [1.82, 2.24) is 25.0 Å². The van der Waals surface area contributed by atoms with E-state index in [0.717, 1.165) is 37.2 Å². The lowest BCUT2D eigenvalue weighted by atomic mass is 10.2. The van der Waals surface area contributed by atoms with Crippen LogP contribution >= 0.6 is 0 Å². The van der Waals surface area contributed by atoms with Gasteiger partial charge in [-0.2, -0.15) is 0 Å². The first-order chi connectivity index (χ1) is 13.3. The average Bonchev–Trinajstić information content (AvgIpc) is 3.36. The number of hydrogen-bond acceptors (Lipinski definition) is 4. The summed E-state index contributed by atoms with van der Waals surface area (Å²) in [5.41, 5.74) is 1.82. The Kier molecular flexibility index (Phi) is 4.98. The standard InChI is InChI=1S/C21H23N5O/c1-22-15-18-13-8-14-25(18)21(27)19-23-20(16-9-4-2-5-10-16)26(24-19)17-11-6-3-7-12-17/h2-7,9-12,18,22H,8,13-15H2,1H3. The van der Waals surface area contributed by atoms with Crippen LogP contribution in [0.2, 0.25) is 0 Å². The molecule has 2 aromatic carbocycles. The van der Waals surface area contributed by atoms with E-state index in [1.807, 2.05) is 72.6 Å². The molecule has 1 atom stereocenters. The quantitative estimate of drug-likeness (QED) is 0.759. The minimum Gasteiger partial charge on any atom is -0.332 e. The summed E-state index contributed by atoms with van der Waals surface area (Å²) in [6, 6.07) is 19.9. The van der Waals surface area contributed by atoms with Gasteiger partial charge in [-0.25, -0.2) is 9.67 Å². The van der Waals surface area contributed by atoms with E-state index in [0.29, 0.717) is 5.82 Å². The van der Waals surface area contributed by atoms with Gasteiger partial charge < -0.3 is 10.2 Å². The van der Waals surface area contributed by atoms with Crippen LogP contribution in [0.4, 0.5) is 0 Å². The summed E-state index contributed by atoms with van der Waals surface area (Å²) in [5, 5.41) is 7.76. The molecular weight excluding hydrogens is 338 g/mol. The van der Waals surface area contributed by atoms with Crippen molar-refractivity contribution in [1.29, 1.82) is 0 Å². The molecule has 1 aromatic heterocycles. The predicted octanol–water partition coefficient (Wildman–Crippen LogP) is 2.76. The zero-order valence-electron chi connectivity index (χ0n) is 15.4. The minimum absolute atomic E-state index is 0.0976. The molecule has 6 heteroatoms. The van der Waals surface area contributed by atoms with Gasteiger partial charge in [0.2, 0.25) is 5.82 Å². The van der Waals surface area contributed by atoms with Crippen molar-refractivity contribution in [2.45, 2.75) is 18.9 Å². The summed E-state index contributed by atoms with van der Waals surface area (Å²) in [7, 11) is 1.91. The number of benzene rings is 2. The molecule has 1 aliphatic rings. The molecule has 3 aromatic rings. The maximum Gasteiger partial charge on any atom is 0.293 e. The Morgan fingerprint density at radius 2 is 1.81 bits per heavy atom. The summed E-state index contributed by atoms with van der Waals surface area (Å²) >= 11 is 0. The fraction of sp³-hybridized carbons (Fsp3) is 0.286. The molecule has 27 heavy (non-hydrogen) atoms. The molecule has 1 unspecified atom stereocenters. The number of aromatic nitrogens is 3. The van der Waals surface area contributed by atoms with Crippen LogP contribution < -0.4 is 5.32 Å². The highest BCUT2D eigenvalue weighted by molar-refractivity contribution is 5.91. The summed E-state index contributed by atoms with van der Waals surface area (Å²) in [6.07, 6.45) is 2.03. The summed E-state index contributed by atoms with van der Waals surface area (Å²) in [6.45, 7) is 1.54. The average molecular weight is 361 g/mol. The number of carbonyl (C=O) groups excluding carboxylic acids is 1. The Hall–Kier alpha value is -2.99. The Bertz CT molecular complexity index is 850. The lowest BCUT2D eigenvalue weighted by Crippen LogP contribution is -2.41. The summed E-state index contributed by atoms with van der Waals surface area (Å²) in [4.78, 5) is 19.7. The molecular formula is C21H23N5O. The molecule has 6 nitrogen and oxygen atoms in total. The van der Waals surface area contributed by atoms with Crippen molar-refractivity contribution in [2.24, 2.45) is 0 Å². The number of likely N-dealkylation sites (N-methyl/N-ethyl adjacent to an activating group) is 1. The van der Waals surface area contributed by atoms with Gasteiger partial charge in [0.05, 0.1) is 5.69 Å². The van der Waals surface area contributed by atoms with E-state index >= 15 is 0 Å². The Morgan fingerprint density at radius 3 is 2.52 bits per heavy atom. The normalized spacial score (nSPS) is 16.6. The smallest absolute Gasteiger partial charge is 0.293 e. The molecule has 138 valence electrons. The van der Waals surface area contributed by atoms with Gasteiger partial charge in [0.15, 0.2) is 5.82 Å². The van der Waals surface area contributed by atoms with Crippen LogP contribution in [0.5, 0.6) is 0 Å². The van der Waals surface area contributed by atoms with E-state index in [9.17, 15) is 4.79 Å². The summed E-state index contributed by atoms with van der Waals surface area (Å²) < 4.78 is 1.76. The monoisotopic (exact) mass is 361 g/mol.